The number of hydrogen-bond acceptors (Lipinski definition) is 4. The van der Waals surface area contributed by atoms with Crippen molar-refractivity contribution in [2.24, 2.45) is 0 Å². The summed E-state index contributed by atoms with van der Waals surface area (Å²) < 4.78 is 0. The van der Waals surface area contributed by atoms with Gasteiger partial charge in [0, 0.05) is 24.5 Å². The van der Waals surface area contributed by atoms with Crippen LogP contribution in [0.15, 0.2) is 18.6 Å². The van der Waals surface area contributed by atoms with Gasteiger partial charge in [-0.15, -0.1) is 0 Å². The van der Waals surface area contributed by atoms with Gasteiger partial charge >= 0.3 is 0 Å². The fourth-order valence-corrected chi connectivity index (χ4v) is 2.68. The van der Waals surface area contributed by atoms with E-state index in [0.29, 0.717) is 6.04 Å². The van der Waals surface area contributed by atoms with E-state index in [1.807, 2.05) is 17.8 Å². The minimum Gasteiger partial charge on any atom is -0.308 e. The van der Waals surface area contributed by atoms with Crippen LogP contribution >= 0.6 is 11.8 Å². The topological polar surface area (TPSA) is 37.8 Å². The molecular formula is C10H15N3S. The van der Waals surface area contributed by atoms with Crippen LogP contribution < -0.4 is 5.32 Å². The molecule has 1 aliphatic heterocycles. The number of aromatic nitrogens is 2. The van der Waals surface area contributed by atoms with Gasteiger partial charge < -0.3 is 5.32 Å². The van der Waals surface area contributed by atoms with Gasteiger partial charge in [0.15, 0.2) is 0 Å². The summed E-state index contributed by atoms with van der Waals surface area (Å²) in [4.78, 5) is 8.08. The van der Waals surface area contributed by atoms with E-state index in [-0.39, 0.29) is 0 Å². The van der Waals surface area contributed by atoms with Gasteiger partial charge in [-0.2, -0.15) is 11.8 Å². The van der Waals surface area contributed by atoms with E-state index in [1.54, 1.807) is 12.5 Å². The van der Waals surface area contributed by atoms with E-state index in [4.69, 9.17) is 0 Å². The molecule has 0 aromatic carbocycles. The number of nitrogens with one attached hydrogen (secondary N) is 1. The second-order valence-electron chi connectivity index (χ2n) is 3.50. The molecule has 1 saturated heterocycles. The van der Waals surface area contributed by atoms with Crippen molar-refractivity contribution in [1.82, 2.24) is 15.3 Å². The van der Waals surface area contributed by atoms with Gasteiger partial charge in [-0.3, -0.25) is 0 Å². The van der Waals surface area contributed by atoms with E-state index < -0.39 is 0 Å². The molecule has 1 aromatic rings. The maximum Gasteiger partial charge on any atom is 0.115 e. The summed E-state index contributed by atoms with van der Waals surface area (Å²) >= 11 is 2.04. The highest BCUT2D eigenvalue weighted by molar-refractivity contribution is 7.99. The summed E-state index contributed by atoms with van der Waals surface area (Å²) in [5.41, 5.74) is 1.08. The van der Waals surface area contributed by atoms with E-state index in [1.165, 1.54) is 24.3 Å². The average Bonchev–Trinajstić information content (AvgIpc) is 2.29. The summed E-state index contributed by atoms with van der Waals surface area (Å²) in [6, 6.07) is 2.63. The number of thioether (sulfide) groups is 1. The molecule has 0 amide bonds. The maximum absolute atomic E-state index is 4.18. The van der Waals surface area contributed by atoms with Crippen LogP contribution in [-0.4, -0.2) is 27.5 Å². The minimum absolute atomic E-state index is 0.670. The Hall–Kier alpha value is -0.610. The fourth-order valence-electron chi connectivity index (χ4n) is 1.57. The average molecular weight is 209 g/mol. The molecule has 0 radical (unpaired) electrons. The molecule has 2 heterocycles. The van der Waals surface area contributed by atoms with Gasteiger partial charge in [-0.25, -0.2) is 9.97 Å². The molecule has 1 fully saturated rings. The third kappa shape index (κ3) is 2.96. The van der Waals surface area contributed by atoms with Crippen LogP contribution in [0.2, 0.25) is 0 Å². The van der Waals surface area contributed by atoms with Crippen LogP contribution in [0.5, 0.6) is 0 Å². The molecule has 1 aliphatic rings. The molecule has 1 aromatic heterocycles. The molecule has 0 aliphatic carbocycles. The summed E-state index contributed by atoms with van der Waals surface area (Å²) in [7, 11) is 0. The lowest BCUT2D eigenvalue weighted by Crippen LogP contribution is -2.33. The quantitative estimate of drug-likeness (QED) is 0.818. The van der Waals surface area contributed by atoms with Crippen molar-refractivity contribution < 1.29 is 0 Å². The Balaban J connectivity index is 1.76. The smallest absolute Gasteiger partial charge is 0.115 e. The highest BCUT2D eigenvalue weighted by Gasteiger charge is 2.12. The van der Waals surface area contributed by atoms with Crippen molar-refractivity contribution in [2.45, 2.75) is 25.4 Å². The van der Waals surface area contributed by atoms with E-state index in [9.17, 15) is 0 Å². The molecule has 0 bridgehead atoms. The van der Waals surface area contributed by atoms with Crippen molar-refractivity contribution in [3.8, 4) is 0 Å². The molecule has 0 saturated carbocycles. The Bertz CT molecular complexity index is 259. The molecule has 2 rings (SSSR count). The lowest BCUT2D eigenvalue weighted by molar-refractivity contribution is 0.503. The van der Waals surface area contributed by atoms with E-state index in [0.717, 1.165) is 12.2 Å². The first kappa shape index (κ1) is 9.93. The molecule has 4 heteroatoms. The zero-order valence-electron chi connectivity index (χ0n) is 8.15. The summed E-state index contributed by atoms with van der Waals surface area (Å²) in [5, 5.41) is 3.53. The molecule has 0 spiro atoms. The first-order valence-electron chi connectivity index (χ1n) is 5.01. The monoisotopic (exact) mass is 209 g/mol. The summed E-state index contributed by atoms with van der Waals surface area (Å²) in [5.74, 6) is 2.57. The molecule has 1 atom stereocenters. The molecular weight excluding hydrogens is 194 g/mol. The van der Waals surface area contributed by atoms with Gasteiger partial charge in [0.2, 0.25) is 0 Å². The Morgan fingerprint density at radius 2 is 2.57 bits per heavy atom. The Kier molecular flexibility index (Phi) is 3.77. The van der Waals surface area contributed by atoms with Crippen LogP contribution in [0, 0.1) is 0 Å². The zero-order chi connectivity index (χ0) is 9.64. The van der Waals surface area contributed by atoms with Crippen molar-refractivity contribution >= 4 is 11.8 Å². The number of rotatable bonds is 3. The molecule has 14 heavy (non-hydrogen) atoms. The van der Waals surface area contributed by atoms with E-state index in [2.05, 4.69) is 15.3 Å². The normalized spacial score (nSPS) is 22.1. The van der Waals surface area contributed by atoms with Crippen molar-refractivity contribution in [2.75, 3.05) is 11.5 Å². The predicted octanol–water partition coefficient (Wildman–Crippen LogP) is 1.46. The highest BCUT2D eigenvalue weighted by Crippen LogP contribution is 2.16. The SMILES string of the molecule is c1cc(CNC2CCCSC2)ncn1. The number of hydrogen-bond donors (Lipinski definition) is 1. The predicted molar refractivity (Wildman–Crippen MR) is 59.2 cm³/mol. The Morgan fingerprint density at radius 1 is 1.57 bits per heavy atom. The summed E-state index contributed by atoms with van der Waals surface area (Å²) in [6.07, 6.45) is 6.04. The van der Waals surface area contributed by atoms with Crippen molar-refractivity contribution in [3.05, 3.63) is 24.3 Å². The lowest BCUT2D eigenvalue weighted by Gasteiger charge is -2.22. The minimum atomic E-state index is 0.670. The second kappa shape index (κ2) is 5.32. The van der Waals surface area contributed by atoms with Gasteiger partial charge in [-0.1, -0.05) is 0 Å². The Morgan fingerprint density at radius 3 is 3.29 bits per heavy atom. The Labute approximate surface area is 88.7 Å². The zero-order valence-corrected chi connectivity index (χ0v) is 8.96. The van der Waals surface area contributed by atoms with Crippen LogP contribution in [0.1, 0.15) is 18.5 Å². The van der Waals surface area contributed by atoms with Crippen LogP contribution in [0.4, 0.5) is 0 Å². The lowest BCUT2D eigenvalue weighted by atomic mass is 10.2. The fraction of sp³-hybridized carbons (Fsp3) is 0.600. The third-order valence-electron chi connectivity index (χ3n) is 2.38. The van der Waals surface area contributed by atoms with Gasteiger partial charge in [0.25, 0.3) is 0 Å². The maximum atomic E-state index is 4.18. The standard InChI is InChI=1S/C10H15N3S/c1-2-10(7-14-5-1)12-6-9-3-4-11-8-13-9/h3-4,8,10,12H,1-2,5-7H2. The molecule has 1 unspecified atom stereocenters. The van der Waals surface area contributed by atoms with Gasteiger partial charge in [-0.05, 0) is 24.7 Å². The molecule has 76 valence electrons. The molecule has 3 nitrogen and oxygen atoms in total. The van der Waals surface area contributed by atoms with Crippen LogP contribution in [0.25, 0.3) is 0 Å². The van der Waals surface area contributed by atoms with Crippen LogP contribution in [0.3, 0.4) is 0 Å². The highest BCUT2D eigenvalue weighted by atomic mass is 32.2. The van der Waals surface area contributed by atoms with Crippen molar-refractivity contribution in [3.63, 3.8) is 0 Å². The second-order valence-corrected chi connectivity index (χ2v) is 4.65. The third-order valence-corrected chi connectivity index (χ3v) is 3.59. The first-order valence-corrected chi connectivity index (χ1v) is 6.16. The summed E-state index contributed by atoms with van der Waals surface area (Å²) in [6.45, 7) is 0.869. The largest absolute Gasteiger partial charge is 0.308 e. The van der Waals surface area contributed by atoms with E-state index >= 15 is 0 Å². The van der Waals surface area contributed by atoms with Gasteiger partial charge in [0.05, 0.1) is 5.69 Å². The first-order chi connectivity index (χ1) is 6.95. The number of nitrogens with zero attached hydrogens (tertiary/aromatic N) is 2. The van der Waals surface area contributed by atoms with Gasteiger partial charge in [0.1, 0.15) is 6.33 Å². The molecule has 1 N–H and O–H groups in total. The van der Waals surface area contributed by atoms with Crippen molar-refractivity contribution in [1.29, 1.82) is 0 Å². The van der Waals surface area contributed by atoms with Crippen LogP contribution in [-0.2, 0) is 6.54 Å².